The number of amides is 2. The lowest BCUT2D eigenvalue weighted by molar-refractivity contribution is 0.0563. The predicted octanol–water partition coefficient (Wildman–Crippen LogP) is 4.11. The van der Waals surface area contributed by atoms with Crippen LogP contribution < -0.4 is 0 Å². The van der Waals surface area contributed by atoms with Crippen LogP contribution in [-0.4, -0.2) is 64.4 Å². The Morgan fingerprint density at radius 3 is 2.29 bits per heavy atom. The van der Waals surface area contributed by atoms with Crippen LogP contribution in [0.2, 0.25) is 5.02 Å². The maximum absolute atomic E-state index is 13.4. The summed E-state index contributed by atoms with van der Waals surface area (Å²) in [6.07, 6.45) is -0.343. The van der Waals surface area contributed by atoms with Crippen LogP contribution in [-0.2, 0) is 4.74 Å². The summed E-state index contributed by atoms with van der Waals surface area (Å²) in [6.45, 7) is 3.83. The molecule has 2 amide bonds. The zero-order valence-corrected chi connectivity index (χ0v) is 18.0. The summed E-state index contributed by atoms with van der Waals surface area (Å²) in [5, 5.41) is 5.27. The van der Waals surface area contributed by atoms with Crippen molar-refractivity contribution in [1.82, 2.24) is 19.6 Å². The number of ether oxygens (including phenoxy) is 1. The van der Waals surface area contributed by atoms with Gasteiger partial charge in [-0.15, -0.1) is 0 Å². The number of hydrogen-bond donors (Lipinski definition) is 0. The molecule has 4 rings (SSSR count). The van der Waals surface area contributed by atoms with Crippen molar-refractivity contribution in [2.75, 3.05) is 32.8 Å². The van der Waals surface area contributed by atoms with Crippen LogP contribution >= 0.6 is 11.6 Å². The maximum atomic E-state index is 13.4. The van der Waals surface area contributed by atoms with Gasteiger partial charge >= 0.3 is 6.09 Å². The molecule has 0 N–H and O–H groups in total. The van der Waals surface area contributed by atoms with Crippen molar-refractivity contribution in [1.29, 1.82) is 0 Å². The Bertz CT molecular complexity index is 1080. The predicted molar refractivity (Wildman–Crippen MR) is 119 cm³/mol. The second kappa shape index (κ2) is 9.22. The Morgan fingerprint density at radius 1 is 0.968 bits per heavy atom. The first kappa shape index (κ1) is 20.9. The highest BCUT2D eigenvalue weighted by Gasteiger charge is 2.28. The Labute approximate surface area is 185 Å². The van der Waals surface area contributed by atoms with Crippen LogP contribution in [0.5, 0.6) is 0 Å². The molecule has 8 heteroatoms. The van der Waals surface area contributed by atoms with Crippen molar-refractivity contribution < 1.29 is 14.3 Å². The Kier molecular flexibility index (Phi) is 6.23. The minimum Gasteiger partial charge on any atom is -0.450 e. The second-order valence-corrected chi connectivity index (χ2v) is 7.53. The van der Waals surface area contributed by atoms with Gasteiger partial charge in [-0.2, -0.15) is 5.10 Å². The van der Waals surface area contributed by atoms with Crippen molar-refractivity contribution in [3.63, 3.8) is 0 Å². The molecule has 160 valence electrons. The van der Waals surface area contributed by atoms with E-state index < -0.39 is 0 Å². The van der Waals surface area contributed by atoms with E-state index in [1.165, 1.54) is 0 Å². The molecule has 0 bridgehead atoms. The van der Waals surface area contributed by atoms with Gasteiger partial charge in [-0.05, 0) is 31.2 Å². The molecule has 0 aliphatic carbocycles. The van der Waals surface area contributed by atoms with Crippen LogP contribution in [0.4, 0.5) is 4.79 Å². The lowest BCUT2D eigenvalue weighted by Crippen LogP contribution is -2.51. The average Bonchev–Trinajstić information content (AvgIpc) is 3.25. The van der Waals surface area contributed by atoms with Crippen molar-refractivity contribution in [2.45, 2.75) is 6.92 Å². The Hall–Kier alpha value is -3.32. The third kappa shape index (κ3) is 4.41. The van der Waals surface area contributed by atoms with E-state index in [4.69, 9.17) is 21.4 Å². The minimum absolute atomic E-state index is 0.141. The fourth-order valence-corrected chi connectivity index (χ4v) is 3.80. The van der Waals surface area contributed by atoms with E-state index in [2.05, 4.69) is 0 Å². The molecule has 2 aromatic carbocycles. The fraction of sp³-hybridized carbons (Fsp3) is 0.261. The molecule has 0 unspecified atom stereocenters. The van der Waals surface area contributed by atoms with Gasteiger partial charge in [0.05, 0.1) is 23.0 Å². The number of halogens is 1. The molecule has 7 nitrogen and oxygen atoms in total. The molecule has 0 radical (unpaired) electrons. The Morgan fingerprint density at radius 2 is 1.61 bits per heavy atom. The molecule has 3 aromatic rings. The van der Waals surface area contributed by atoms with Crippen molar-refractivity contribution in [3.05, 3.63) is 71.4 Å². The highest BCUT2D eigenvalue weighted by atomic mass is 35.5. The van der Waals surface area contributed by atoms with Crippen LogP contribution in [0.25, 0.3) is 16.9 Å². The standard InChI is InChI=1S/C23H23ClN4O3/c1-2-31-23(30)27-14-12-26(13-15-27)22(29)21-16-20(18-10-6-7-11-19(18)24)25-28(21)17-8-4-3-5-9-17/h3-11,16H,2,12-15H2,1H3. The number of para-hydroxylation sites is 1. The van der Waals surface area contributed by atoms with Crippen molar-refractivity contribution in [2.24, 2.45) is 0 Å². The summed E-state index contributed by atoms with van der Waals surface area (Å²) in [4.78, 5) is 28.7. The van der Waals surface area contributed by atoms with Gasteiger partial charge in [-0.3, -0.25) is 4.79 Å². The molecule has 0 spiro atoms. The van der Waals surface area contributed by atoms with Gasteiger partial charge in [0.25, 0.3) is 5.91 Å². The van der Waals surface area contributed by atoms with E-state index in [0.29, 0.717) is 49.2 Å². The van der Waals surface area contributed by atoms with E-state index in [1.807, 2.05) is 48.5 Å². The molecule has 0 saturated carbocycles. The SMILES string of the molecule is CCOC(=O)N1CCN(C(=O)c2cc(-c3ccccc3Cl)nn2-c2ccccc2)CC1. The van der Waals surface area contributed by atoms with Gasteiger partial charge in [0.1, 0.15) is 5.69 Å². The Balaban J connectivity index is 1.63. The summed E-state index contributed by atoms with van der Waals surface area (Å²) in [5.41, 5.74) is 2.63. The van der Waals surface area contributed by atoms with Gasteiger partial charge in [-0.1, -0.05) is 48.0 Å². The molecular weight excluding hydrogens is 416 g/mol. The first-order valence-corrected chi connectivity index (χ1v) is 10.6. The zero-order chi connectivity index (χ0) is 21.8. The molecule has 1 saturated heterocycles. The van der Waals surface area contributed by atoms with Gasteiger partial charge in [0.15, 0.2) is 0 Å². The number of hydrogen-bond acceptors (Lipinski definition) is 4. The maximum Gasteiger partial charge on any atom is 0.409 e. The van der Waals surface area contributed by atoms with Gasteiger partial charge in [-0.25, -0.2) is 9.48 Å². The van der Waals surface area contributed by atoms with E-state index in [9.17, 15) is 9.59 Å². The molecule has 0 atom stereocenters. The van der Waals surface area contributed by atoms with Gasteiger partial charge < -0.3 is 14.5 Å². The quantitative estimate of drug-likeness (QED) is 0.614. The summed E-state index contributed by atoms with van der Waals surface area (Å²) >= 11 is 6.37. The summed E-state index contributed by atoms with van der Waals surface area (Å²) < 4.78 is 6.71. The lowest BCUT2D eigenvalue weighted by atomic mass is 10.1. The van der Waals surface area contributed by atoms with Crippen molar-refractivity contribution in [3.8, 4) is 16.9 Å². The normalized spacial score (nSPS) is 13.9. The molecule has 1 aromatic heterocycles. The first-order valence-electron chi connectivity index (χ1n) is 10.2. The number of rotatable bonds is 4. The monoisotopic (exact) mass is 438 g/mol. The van der Waals surface area contributed by atoms with Crippen LogP contribution in [0, 0.1) is 0 Å². The number of benzene rings is 2. The molecule has 1 aliphatic heterocycles. The van der Waals surface area contributed by atoms with Crippen LogP contribution in [0.15, 0.2) is 60.7 Å². The highest BCUT2D eigenvalue weighted by Crippen LogP contribution is 2.28. The zero-order valence-electron chi connectivity index (χ0n) is 17.2. The van der Waals surface area contributed by atoms with E-state index in [0.717, 1.165) is 11.3 Å². The number of piperazine rings is 1. The topological polar surface area (TPSA) is 67.7 Å². The lowest BCUT2D eigenvalue weighted by Gasteiger charge is -2.34. The molecular formula is C23H23ClN4O3. The third-order valence-corrected chi connectivity index (χ3v) is 5.50. The molecule has 1 fully saturated rings. The highest BCUT2D eigenvalue weighted by molar-refractivity contribution is 6.33. The largest absolute Gasteiger partial charge is 0.450 e. The van der Waals surface area contributed by atoms with E-state index in [-0.39, 0.29) is 12.0 Å². The average molecular weight is 439 g/mol. The van der Waals surface area contributed by atoms with Crippen LogP contribution in [0.3, 0.4) is 0 Å². The second-order valence-electron chi connectivity index (χ2n) is 7.12. The number of aromatic nitrogens is 2. The minimum atomic E-state index is -0.343. The smallest absolute Gasteiger partial charge is 0.409 e. The number of nitrogens with zero attached hydrogens (tertiary/aromatic N) is 4. The molecule has 31 heavy (non-hydrogen) atoms. The van der Waals surface area contributed by atoms with Gasteiger partial charge in [0, 0.05) is 31.7 Å². The summed E-state index contributed by atoms with van der Waals surface area (Å²) in [5.74, 6) is -0.141. The van der Waals surface area contributed by atoms with E-state index in [1.54, 1.807) is 33.5 Å². The van der Waals surface area contributed by atoms with E-state index >= 15 is 0 Å². The van der Waals surface area contributed by atoms with Gasteiger partial charge in [0.2, 0.25) is 0 Å². The number of carbonyl (C=O) groups is 2. The third-order valence-electron chi connectivity index (χ3n) is 5.17. The fourth-order valence-electron chi connectivity index (χ4n) is 3.57. The molecule has 2 heterocycles. The van der Waals surface area contributed by atoms with Crippen molar-refractivity contribution >= 4 is 23.6 Å². The number of carbonyl (C=O) groups excluding carboxylic acids is 2. The van der Waals surface area contributed by atoms with Crippen LogP contribution in [0.1, 0.15) is 17.4 Å². The summed E-state index contributed by atoms with van der Waals surface area (Å²) in [6, 6.07) is 18.7. The first-order chi connectivity index (χ1) is 15.1. The molecule has 1 aliphatic rings. The summed E-state index contributed by atoms with van der Waals surface area (Å²) in [7, 11) is 0.